The molecule has 4 nitrogen and oxygen atoms in total. The number of aryl methyl sites for hydroxylation is 1. The van der Waals surface area contributed by atoms with Gasteiger partial charge in [-0.2, -0.15) is 0 Å². The summed E-state index contributed by atoms with van der Waals surface area (Å²) in [5, 5.41) is 5.10. The van der Waals surface area contributed by atoms with Crippen LogP contribution in [0.1, 0.15) is 28.3 Å². The zero-order valence-corrected chi connectivity index (χ0v) is 14.9. The van der Waals surface area contributed by atoms with Gasteiger partial charge in [0.15, 0.2) is 0 Å². The van der Waals surface area contributed by atoms with Crippen molar-refractivity contribution in [3.63, 3.8) is 0 Å². The highest BCUT2D eigenvalue weighted by atomic mass is 79.9. The molecule has 114 valence electrons. The number of carbonyl (C=O) groups is 1. The molecule has 1 atom stereocenters. The molecule has 1 amide bonds. The van der Waals surface area contributed by atoms with Gasteiger partial charge in [0.1, 0.15) is 5.69 Å². The molecular formula is C15H20BrN3OS. The van der Waals surface area contributed by atoms with Crippen LogP contribution in [0.4, 0.5) is 0 Å². The fraction of sp³-hybridized carbons (Fsp3) is 0.400. The Labute approximate surface area is 137 Å². The smallest absolute Gasteiger partial charge is 0.268 e. The van der Waals surface area contributed by atoms with Gasteiger partial charge < -0.3 is 14.8 Å². The Bertz CT molecular complexity index is 592. The molecule has 2 heterocycles. The topological polar surface area (TPSA) is 37.3 Å². The first-order valence-electron chi connectivity index (χ1n) is 6.86. The number of carbonyl (C=O) groups excluding carboxylic acids is 1. The van der Waals surface area contributed by atoms with Crippen molar-refractivity contribution >= 4 is 33.2 Å². The Morgan fingerprint density at radius 2 is 2.29 bits per heavy atom. The van der Waals surface area contributed by atoms with Gasteiger partial charge >= 0.3 is 0 Å². The molecule has 0 spiro atoms. The second kappa shape index (κ2) is 7.24. The van der Waals surface area contributed by atoms with E-state index in [9.17, 15) is 4.79 Å². The summed E-state index contributed by atoms with van der Waals surface area (Å²) in [6.45, 7) is 3.40. The first kappa shape index (κ1) is 16.3. The summed E-state index contributed by atoms with van der Waals surface area (Å²) in [6.07, 6.45) is 1.93. The van der Waals surface area contributed by atoms with Crippen LogP contribution in [-0.2, 0) is 6.54 Å². The molecule has 0 saturated heterocycles. The third-order valence-electron chi connectivity index (χ3n) is 3.39. The third kappa shape index (κ3) is 3.96. The van der Waals surface area contributed by atoms with E-state index in [1.807, 2.05) is 43.9 Å². The van der Waals surface area contributed by atoms with Crippen LogP contribution >= 0.6 is 27.3 Å². The monoisotopic (exact) mass is 369 g/mol. The van der Waals surface area contributed by atoms with E-state index in [0.29, 0.717) is 12.2 Å². The first-order chi connectivity index (χ1) is 10.0. The maximum atomic E-state index is 12.4. The number of hydrogen-bond donors (Lipinski definition) is 1. The van der Waals surface area contributed by atoms with E-state index < -0.39 is 0 Å². The lowest BCUT2D eigenvalue weighted by Crippen LogP contribution is -2.35. The molecule has 0 aliphatic heterocycles. The van der Waals surface area contributed by atoms with E-state index >= 15 is 0 Å². The minimum absolute atomic E-state index is 0.0362. The zero-order chi connectivity index (χ0) is 15.4. The molecule has 0 saturated carbocycles. The lowest BCUT2D eigenvalue weighted by molar-refractivity contribution is 0.0933. The van der Waals surface area contributed by atoms with Gasteiger partial charge in [0.2, 0.25) is 0 Å². The van der Waals surface area contributed by atoms with Crippen molar-refractivity contribution in [3.05, 3.63) is 44.8 Å². The van der Waals surface area contributed by atoms with Crippen molar-refractivity contribution in [3.8, 4) is 0 Å². The maximum absolute atomic E-state index is 12.4. The first-order valence-corrected chi connectivity index (χ1v) is 8.54. The highest BCUT2D eigenvalue weighted by Gasteiger charge is 2.18. The number of nitrogens with zero attached hydrogens (tertiary/aromatic N) is 2. The lowest BCUT2D eigenvalue weighted by atomic mass is 10.2. The minimum atomic E-state index is -0.0362. The number of aromatic nitrogens is 1. The summed E-state index contributed by atoms with van der Waals surface area (Å²) in [7, 11) is 4.06. The van der Waals surface area contributed by atoms with Gasteiger partial charge in [-0.25, -0.2) is 0 Å². The van der Waals surface area contributed by atoms with E-state index in [0.717, 1.165) is 11.0 Å². The largest absolute Gasteiger partial charge is 0.349 e. The van der Waals surface area contributed by atoms with E-state index in [1.165, 1.54) is 4.88 Å². The summed E-state index contributed by atoms with van der Waals surface area (Å²) in [5.74, 6) is -0.0362. The summed E-state index contributed by atoms with van der Waals surface area (Å²) >= 11 is 5.13. The zero-order valence-electron chi connectivity index (χ0n) is 12.5. The molecule has 2 aromatic rings. The SMILES string of the molecule is CCn1cc(Br)cc1C(=O)NCC(c1cccs1)N(C)C. The van der Waals surface area contributed by atoms with Crippen molar-refractivity contribution in [1.29, 1.82) is 0 Å². The normalized spacial score (nSPS) is 12.6. The van der Waals surface area contributed by atoms with Crippen LogP contribution in [-0.4, -0.2) is 36.0 Å². The van der Waals surface area contributed by atoms with Gasteiger partial charge in [-0.1, -0.05) is 6.07 Å². The molecule has 1 unspecified atom stereocenters. The number of thiophene rings is 1. The maximum Gasteiger partial charge on any atom is 0.268 e. The van der Waals surface area contributed by atoms with E-state index in [1.54, 1.807) is 11.3 Å². The molecule has 0 fully saturated rings. The molecule has 0 bridgehead atoms. The predicted octanol–water partition coefficient (Wildman–Crippen LogP) is 3.36. The van der Waals surface area contributed by atoms with Crippen molar-refractivity contribution in [1.82, 2.24) is 14.8 Å². The molecule has 21 heavy (non-hydrogen) atoms. The van der Waals surface area contributed by atoms with Crippen LogP contribution in [0.5, 0.6) is 0 Å². The molecule has 6 heteroatoms. The Hall–Kier alpha value is -1.11. The van der Waals surface area contributed by atoms with Crippen LogP contribution in [0.25, 0.3) is 0 Å². The van der Waals surface area contributed by atoms with Crippen LogP contribution < -0.4 is 5.32 Å². The second-order valence-electron chi connectivity index (χ2n) is 5.03. The number of rotatable bonds is 6. The average Bonchev–Trinajstić information content (AvgIpc) is 3.07. The molecule has 0 aliphatic rings. The number of nitrogens with one attached hydrogen (secondary N) is 1. The minimum Gasteiger partial charge on any atom is -0.349 e. The Morgan fingerprint density at radius 3 is 2.86 bits per heavy atom. The fourth-order valence-electron chi connectivity index (χ4n) is 2.23. The summed E-state index contributed by atoms with van der Waals surface area (Å²) < 4.78 is 2.87. The van der Waals surface area contributed by atoms with Crippen LogP contribution in [0.15, 0.2) is 34.2 Å². The van der Waals surface area contributed by atoms with Gasteiger partial charge in [-0.3, -0.25) is 4.79 Å². The molecule has 1 N–H and O–H groups in total. The van der Waals surface area contributed by atoms with Crippen LogP contribution in [0, 0.1) is 0 Å². The number of amides is 1. The lowest BCUT2D eigenvalue weighted by Gasteiger charge is -2.23. The van der Waals surface area contributed by atoms with E-state index in [4.69, 9.17) is 0 Å². The highest BCUT2D eigenvalue weighted by Crippen LogP contribution is 2.22. The van der Waals surface area contributed by atoms with Gasteiger partial charge in [-0.15, -0.1) is 11.3 Å². The van der Waals surface area contributed by atoms with Crippen LogP contribution in [0.3, 0.4) is 0 Å². The van der Waals surface area contributed by atoms with E-state index in [2.05, 4.69) is 37.6 Å². The molecule has 0 aromatic carbocycles. The summed E-state index contributed by atoms with van der Waals surface area (Å²) in [5.41, 5.74) is 0.688. The average molecular weight is 370 g/mol. The quantitative estimate of drug-likeness (QED) is 0.847. The number of hydrogen-bond acceptors (Lipinski definition) is 3. The van der Waals surface area contributed by atoms with Crippen LogP contribution in [0.2, 0.25) is 0 Å². The standard InChI is InChI=1S/C15H20BrN3OS/c1-4-19-10-11(16)8-12(19)15(20)17-9-13(18(2)3)14-6-5-7-21-14/h5-8,10,13H,4,9H2,1-3H3,(H,17,20). The molecular weight excluding hydrogens is 350 g/mol. The Kier molecular flexibility index (Phi) is 5.61. The summed E-state index contributed by atoms with van der Waals surface area (Å²) in [6, 6.07) is 6.20. The predicted molar refractivity (Wildman–Crippen MR) is 90.9 cm³/mol. The number of halogens is 1. The Balaban J connectivity index is 2.05. The van der Waals surface area contributed by atoms with E-state index in [-0.39, 0.29) is 11.9 Å². The van der Waals surface area contributed by atoms with Gasteiger partial charge in [-0.05, 0) is 54.5 Å². The van der Waals surface area contributed by atoms with Gasteiger partial charge in [0.05, 0.1) is 6.04 Å². The summed E-state index contributed by atoms with van der Waals surface area (Å²) in [4.78, 5) is 15.7. The van der Waals surface area contributed by atoms with Gasteiger partial charge in [0.25, 0.3) is 5.91 Å². The second-order valence-corrected chi connectivity index (χ2v) is 6.93. The Morgan fingerprint density at radius 1 is 1.52 bits per heavy atom. The fourth-order valence-corrected chi connectivity index (χ4v) is 3.61. The van der Waals surface area contributed by atoms with Crippen molar-refractivity contribution < 1.29 is 4.79 Å². The molecule has 2 rings (SSSR count). The highest BCUT2D eigenvalue weighted by molar-refractivity contribution is 9.10. The van der Waals surface area contributed by atoms with Gasteiger partial charge in [0, 0.05) is 28.6 Å². The van der Waals surface area contributed by atoms with Crippen molar-refractivity contribution in [2.45, 2.75) is 19.5 Å². The molecule has 2 aromatic heterocycles. The number of likely N-dealkylation sites (N-methyl/N-ethyl adjacent to an activating group) is 1. The molecule has 0 radical (unpaired) electrons. The van der Waals surface area contributed by atoms with Crippen molar-refractivity contribution in [2.24, 2.45) is 0 Å². The molecule has 0 aliphatic carbocycles. The van der Waals surface area contributed by atoms with Crippen molar-refractivity contribution in [2.75, 3.05) is 20.6 Å². The third-order valence-corrected chi connectivity index (χ3v) is 4.79.